The number of hydrogen-bond donors (Lipinski definition) is 1. The van der Waals surface area contributed by atoms with E-state index in [0.29, 0.717) is 19.5 Å². The van der Waals surface area contributed by atoms with Crippen molar-refractivity contribution in [3.63, 3.8) is 0 Å². The number of amides is 1. The third-order valence-corrected chi connectivity index (χ3v) is 7.44. The second kappa shape index (κ2) is 9.14. The van der Waals surface area contributed by atoms with E-state index in [1.54, 1.807) is 30.1 Å². The minimum atomic E-state index is -1.15. The Kier molecular flexibility index (Phi) is 6.50. The number of aryl methyl sites for hydroxylation is 1. The maximum absolute atomic E-state index is 13.7. The number of aromatic nitrogens is 2. The average Bonchev–Trinajstić information content (AvgIpc) is 3.42. The SMILES string of the molecule is CC(C)(F)CCc1ccc(Sn2cc3c(n2)CN(C(=O)C(CO)c2ccccc2)C3)s1. The first-order valence-electron chi connectivity index (χ1n) is 10.3. The number of aliphatic hydroxyl groups is 1. The molecule has 1 aromatic carbocycles. The van der Waals surface area contributed by atoms with Gasteiger partial charge in [-0.1, -0.05) is 30.3 Å². The van der Waals surface area contributed by atoms with Crippen LogP contribution in [0.5, 0.6) is 0 Å². The smallest absolute Gasteiger partial charge is 0.233 e. The minimum Gasteiger partial charge on any atom is -0.395 e. The van der Waals surface area contributed by atoms with E-state index >= 15 is 0 Å². The van der Waals surface area contributed by atoms with Gasteiger partial charge in [0.15, 0.2) is 0 Å². The summed E-state index contributed by atoms with van der Waals surface area (Å²) in [4.78, 5) is 15.9. The van der Waals surface area contributed by atoms with Crippen molar-refractivity contribution in [2.45, 2.75) is 55.6 Å². The lowest BCUT2D eigenvalue weighted by molar-refractivity contribution is -0.134. The summed E-state index contributed by atoms with van der Waals surface area (Å²) in [6.45, 7) is 3.95. The molecular formula is C23H26FN3O2S2. The van der Waals surface area contributed by atoms with Gasteiger partial charge in [-0.3, -0.25) is 4.79 Å². The van der Waals surface area contributed by atoms with E-state index in [1.807, 2.05) is 46.7 Å². The average molecular weight is 460 g/mol. The molecule has 4 rings (SSSR count). The van der Waals surface area contributed by atoms with Gasteiger partial charge in [-0.15, -0.1) is 11.3 Å². The molecule has 0 fully saturated rings. The Bertz CT molecular complexity index is 1020. The van der Waals surface area contributed by atoms with E-state index in [2.05, 4.69) is 11.2 Å². The molecule has 1 unspecified atom stereocenters. The molecule has 0 saturated heterocycles. The molecule has 3 aromatic rings. The fourth-order valence-corrected chi connectivity index (χ4v) is 5.68. The van der Waals surface area contributed by atoms with Crippen LogP contribution in [-0.2, 0) is 24.3 Å². The first-order valence-corrected chi connectivity index (χ1v) is 11.9. The number of carbonyl (C=O) groups excluding carboxylic acids is 1. The van der Waals surface area contributed by atoms with Crippen LogP contribution in [0.3, 0.4) is 0 Å². The number of halogens is 1. The summed E-state index contributed by atoms with van der Waals surface area (Å²) in [7, 11) is 0. The van der Waals surface area contributed by atoms with Crippen molar-refractivity contribution in [2.75, 3.05) is 6.61 Å². The highest BCUT2D eigenvalue weighted by atomic mass is 32.2. The number of nitrogens with zero attached hydrogens (tertiary/aromatic N) is 3. The Balaban J connectivity index is 1.37. The summed E-state index contributed by atoms with van der Waals surface area (Å²) >= 11 is 3.19. The minimum absolute atomic E-state index is 0.0791. The molecule has 0 bridgehead atoms. The zero-order valence-corrected chi connectivity index (χ0v) is 19.3. The van der Waals surface area contributed by atoms with E-state index in [4.69, 9.17) is 0 Å². The Labute approximate surface area is 190 Å². The first kappa shape index (κ1) is 22.0. The number of hydrogen-bond acceptors (Lipinski definition) is 5. The highest BCUT2D eigenvalue weighted by Crippen LogP contribution is 2.33. The van der Waals surface area contributed by atoms with Gasteiger partial charge >= 0.3 is 0 Å². The molecule has 0 saturated carbocycles. The van der Waals surface area contributed by atoms with Gasteiger partial charge in [0.2, 0.25) is 5.91 Å². The van der Waals surface area contributed by atoms with Crippen LogP contribution < -0.4 is 0 Å². The highest BCUT2D eigenvalue weighted by molar-refractivity contribution is 7.99. The summed E-state index contributed by atoms with van der Waals surface area (Å²) < 4.78 is 16.7. The molecule has 0 spiro atoms. The van der Waals surface area contributed by atoms with Gasteiger partial charge in [-0.25, -0.2) is 8.48 Å². The van der Waals surface area contributed by atoms with Crippen molar-refractivity contribution in [3.05, 3.63) is 70.4 Å². The van der Waals surface area contributed by atoms with Gasteiger partial charge < -0.3 is 10.0 Å². The van der Waals surface area contributed by atoms with E-state index in [-0.39, 0.29) is 12.5 Å². The van der Waals surface area contributed by atoms with Crippen LogP contribution in [0.2, 0.25) is 0 Å². The lowest BCUT2D eigenvalue weighted by atomic mass is 9.98. The third kappa shape index (κ3) is 5.37. The maximum Gasteiger partial charge on any atom is 0.233 e. The zero-order chi connectivity index (χ0) is 22.0. The van der Waals surface area contributed by atoms with Gasteiger partial charge in [0.1, 0.15) is 5.67 Å². The molecule has 1 aliphatic heterocycles. The molecule has 3 heterocycles. The van der Waals surface area contributed by atoms with Crippen molar-refractivity contribution in [1.82, 2.24) is 14.1 Å². The molecular weight excluding hydrogens is 433 g/mol. The van der Waals surface area contributed by atoms with Crippen LogP contribution >= 0.6 is 23.3 Å². The van der Waals surface area contributed by atoms with Crippen molar-refractivity contribution in [3.8, 4) is 0 Å². The fourth-order valence-electron chi connectivity index (χ4n) is 3.62. The standard InChI is InChI=1S/C23H26FN3O2S2/c1-23(2,24)11-10-18-8-9-21(30-18)31-27-13-17-12-26(14-20(17)25-27)22(29)19(15-28)16-6-4-3-5-7-16/h3-9,13,19,28H,10-12,14-15H2,1-2H3. The van der Waals surface area contributed by atoms with E-state index in [1.165, 1.54) is 16.8 Å². The normalized spacial score (nSPS) is 14.6. The molecule has 2 aromatic heterocycles. The second-order valence-corrected chi connectivity index (χ2v) is 10.8. The topological polar surface area (TPSA) is 58.4 Å². The van der Waals surface area contributed by atoms with Crippen molar-refractivity contribution in [2.24, 2.45) is 0 Å². The van der Waals surface area contributed by atoms with Gasteiger partial charge in [0.05, 0.1) is 29.0 Å². The van der Waals surface area contributed by atoms with Crippen molar-refractivity contribution in [1.29, 1.82) is 0 Å². The quantitative estimate of drug-likeness (QED) is 0.526. The molecule has 31 heavy (non-hydrogen) atoms. The van der Waals surface area contributed by atoms with E-state index in [0.717, 1.165) is 27.5 Å². The van der Waals surface area contributed by atoms with Crippen LogP contribution in [0.15, 0.2) is 52.9 Å². The molecule has 0 aliphatic carbocycles. The summed E-state index contributed by atoms with van der Waals surface area (Å²) in [6.07, 6.45) is 3.21. The van der Waals surface area contributed by atoms with Gasteiger partial charge in [0.25, 0.3) is 0 Å². The lowest BCUT2D eigenvalue weighted by Gasteiger charge is -2.22. The number of alkyl halides is 1. The largest absolute Gasteiger partial charge is 0.395 e. The summed E-state index contributed by atoms with van der Waals surface area (Å²) in [5.41, 5.74) is 1.59. The van der Waals surface area contributed by atoms with E-state index < -0.39 is 11.6 Å². The second-order valence-electron chi connectivity index (χ2n) is 8.37. The van der Waals surface area contributed by atoms with Crippen LogP contribution in [0.25, 0.3) is 0 Å². The number of aliphatic hydroxyl groups excluding tert-OH is 1. The predicted molar refractivity (Wildman–Crippen MR) is 122 cm³/mol. The van der Waals surface area contributed by atoms with Gasteiger partial charge in [-0.2, -0.15) is 5.10 Å². The first-order chi connectivity index (χ1) is 14.8. The van der Waals surface area contributed by atoms with Crippen LogP contribution in [0.1, 0.15) is 47.9 Å². The molecule has 0 radical (unpaired) electrons. The monoisotopic (exact) mass is 459 g/mol. The number of rotatable bonds is 8. The number of carbonyl (C=O) groups is 1. The van der Waals surface area contributed by atoms with Gasteiger partial charge in [-0.05, 0) is 44.4 Å². The number of fused-ring (bicyclic) bond motifs is 1. The molecule has 1 aliphatic rings. The Morgan fingerprint density at radius 1 is 1.26 bits per heavy atom. The predicted octanol–water partition coefficient (Wildman–Crippen LogP) is 4.80. The zero-order valence-electron chi connectivity index (χ0n) is 17.6. The molecule has 1 amide bonds. The lowest BCUT2D eigenvalue weighted by Crippen LogP contribution is -2.32. The number of benzene rings is 1. The maximum atomic E-state index is 13.7. The number of thiophene rings is 1. The molecule has 8 heteroatoms. The Morgan fingerprint density at radius 3 is 2.71 bits per heavy atom. The highest BCUT2D eigenvalue weighted by Gasteiger charge is 2.31. The summed E-state index contributed by atoms with van der Waals surface area (Å²) in [5, 5.41) is 14.4. The molecule has 1 atom stereocenters. The van der Waals surface area contributed by atoms with Crippen molar-refractivity contribution >= 4 is 29.2 Å². The van der Waals surface area contributed by atoms with Crippen LogP contribution in [0.4, 0.5) is 4.39 Å². The third-order valence-electron chi connectivity index (χ3n) is 5.34. The van der Waals surface area contributed by atoms with E-state index in [9.17, 15) is 14.3 Å². The fraction of sp³-hybridized carbons (Fsp3) is 0.391. The molecule has 1 N–H and O–H groups in total. The Morgan fingerprint density at radius 2 is 2.03 bits per heavy atom. The Hall–Kier alpha value is -2.16. The van der Waals surface area contributed by atoms with Crippen LogP contribution in [0, 0.1) is 0 Å². The summed E-state index contributed by atoms with van der Waals surface area (Å²) in [5.74, 6) is -0.630. The molecule has 164 valence electrons. The van der Waals surface area contributed by atoms with Crippen LogP contribution in [-0.4, -0.2) is 37.4 Å². The van der Waals surface area contributed by atoms with Gasteiger partial charge in [0, 0.05) is 35.1 Å². The summed E-state index contributed by atoms with van der Waals surface area (Å²) in [6, 6.07) is 13.5. The molecule has 5 nitrogen and oxygen atoms in total. The van der Waals surface area contributed by atoms with Crippen molar-refractivity contribution < 1.29 is 14.3 Å².